The van der Waals surface area contributed by atoms with Crippen LogP contribution < -0.4 is 14.2 Å². The Labute approximate surface area is 124 Å². The van der Waals surface area contributed by atoms with Crippen molar-refractivity contribution in [2.24, 2.45) is 0 Å². The van der Waals surface area contributed by atoms with Crippen molar-refractivity contribution in [2.75, 3.05) is 24.8 Å². The highest BCUT2D eigenvalue weighted by atomic mass is 35.5. The van der Waals surface area contributed by atoms with E-state index in [4.69, 9.17) is 21.1 Å². The number of rotatable bonds is 7. The van der Waals surface area contributed by atoms with Gasteiger partial charge in [-0.2, -0.15) is 0 Å². The Balaban J connectivity index is 1.81. The maximum atomic E-state index is 11.7. The molecule has 7 heteroatoms. The molecule has 0 amide bonds. The van der Waals surface area contributed by atoms with Crippen molar-refractivity contribution in [1.82, 2.24) is 4.72 Å². The molecule has 0 aliphatic carbocycles. The number of hydrogen-bond acceptors (Lipinski definition) is 4. The van der Waals surface area contributed by atoms with Gasteiger partial charge in [-0.1, -0.05) is 12.1 Å². The lowest BCUT2D eigenvalue weighted by atomic mass is 10.2. The van der Waals surface area contributed by atoms with Crippen LogP contribution in [-0.2, 0) is 10.0 Å². The highest BCUT2D eigenvalue weighted by Crippen LogP contribution is 2.30. The third-order valence-corrected chi connectivity index (χ3v) is 4.60. The first-order chi connectivity index (χ1) is 9.61. The minimum Gasteiger partial charge on any atom is -0.486 e. The number of halogens is 1. The molecule has 1 aromatic rings. The van der Waals surface area contributed by atoms with Crippen molar-refractivity contribution in [3.05, 3.63) is 24.3 Å². The fourth-order valence-electron chi connectivity index (χ4n) is 1.84. The molecule has 0 saturated heterocycles. The maximum Gasteiger partial charge on any atom is 0.211 e. The largest absolute Gasteiger partial charge is 0.486 e. The molecule has 0 fully saturated rings. The zero-order valence-electron chi connectivity index (χ0n) is 11.0. The SMILES string of the molecule is O=S(=O)(CCCCCl)NCC1COc2ccccc2O1. The van der Waals surface area contributed by atoms with Gasteiger partial charge in [-0.15, -0.1) is 11.6 Å². The van der Waals surface area contributed by atoms with E-state index < -0.39 is 10.0 Å². The summed E-state index contributed by atoms with van der Waals surface area (Å²) in [5.41, 5.74) is 0. The van der Waals surface area contributed by atoms with Gasteiger partial charge >= 0.3 is 0 Å². The molecule has 1 N–H and O–H groups in total. The molecule has 0 saturated carbocycles. The van der Waals surface area contributed by atoms with Gasteiger partial charge in [-0.25, -0.2) is 13.1 Å². The van der Waals surface area contributed by atoms with Crippen molar-refractivity contribution in [2.45, 2.75) is 18.9 Å². The molecule has 0 aromatic heterocycles. The minimum atomic E-state index is -3.27. The van der Waals surface area contributed by atoms with Crippen LogP contribution in [0.15, 0.2) is 24.3 Å². The molecule has 1 aliphatic rings. The van der Waals surface area contributed by atoms with E-state index in [1.807, 2.05) is 18.2 Å². The summed E-state index contributed by atoms with van der Waals surface area (Å²) in [5.74, 6) is 1.90. The average molecular weight is 320 g/mol. The van der Waals surface area contributed by atoms with Crippen molar-refractivity contribution in [3.63, 3.8) is 0 Å². The molecule has 2 rings (SSSR count). The maximum absolute atomic E-state index is 11.7. The van der Waals surface area contributed by atoms with Crippen LogP contribution in [0.5, 0.6) is 11.5 Å². The van der Waals surface area contributed by atoms with E-state index in [2.05, 4.69) is 4.72 Å². The molecule has 1 aromatic carbocycles. The van der Waals surface area contributed by atoms with Gasteiger partial charge in [0.2, 0.25) is 10.0 Å². The number of unbranched alkanes of at least 4 members (excludes halogenated alkanes) is 1. The summed E-state index contributed by atoms with van der Waals surface area (Å²) in [6.07, 6.45) is 0.940. The van der Waals surface area contributed by atoms with Gasteiger partial charge in [0.25, 0.3) is 0 Å². The summed E-state index contributed by atoms with van der Waals surface area (Å²) in [6.45, 7) is 0.540. The van der Waals surface area contributed by atoms with Crippen LogP contribution in [0, 0.1) is 0 Å². The van der Waals surface area contributed by atoms with Gasteiger partial charge in [0.05, 0.1) is 12.3 Å². The lowest BCUT2D eigenvalue weighted by molar-refractivity contribution is 0.0943. The molecule has 1 atom stereocenters. The summed E-state index contributed by atoms with van der Waals surface area (Å²) >= 11 is 5.53. The van der Waals surface area contributed by atoms with E-state index in [0.717, 1.165) is 0 Å². The molecule has 112 valence electrons. The Bertz CT molecular complexity index is 535. The molecule has 0 radical (unpaired) electrons. The van der Waals surface area contributed by atoms with Gasteiger partial charge in [0.15, 0.2) is 11.5 Å². The van der Waals surface area contributed by atoms with E-state index in [1.165, 1.54) is 0 Å². The predicted molar refractivity (Wildman–Crippen MR) is 78.1 cm³/mol. The topological polar surface area (TPSA) is 64.6 Å². The van der Waals surface area contributed by atoms with Gasteiger partial charge in [-0.05, 0) is 25.0 Å². The van der Waals surface area contributed by atoms with E-state index >= 15 is 0 Å². The number of ether oxygens (including phenoxy) is 2. The lowest BCUT2D eigenvalue weighted by Gasteiger charge is -2.26. The van der Waals surface area contributed by atoms with E-state index in [9.17, 15) is 8.42 Å². The predicted octanol–water partition coefficient (Wildman–Crippen LogP) is 1.76. The summed E-state index contributed by atoms with van der Waals surface area (Å²) in [7, 11) is -3.27. The monoisotopic (exact) mass is 319 g/mol. The molecular formula is C13H18ClNO4S. The van der Waals surface area contributed by atoms with Crippen molar-refractivity contribution >= 4 is 21.6 Å². The first kappa shape index (κ1) is 15.4. The summed E-state index contributed by atoms with van der Waals surface area (Å²) < 4.78 is 37.2. The number of fused-ring (bicyclic) bond motifs is 1. The zero-order chi connectivity index (χ0) is 14.4. The molecule has 20 heavy (non-hydrogen) atoms. The second-order valence-electron chi connectivity index (χ2n) is 4.56. The summed E-state index contributed by atoms with van der Waals surface area (Å²) in [4.78, 5) is 0. The number of sulfonamides is 1. The molecule has 1 aliphatic heterocycles. The van der Waals surface area contributed by atoms with E-state index in [1.54, 1.807) is 6.07 Å². The van der Waals surface area contributed by atoms with Gasteiger partial charge in [0.1, 0.15) is 12.7 Å². The molecule has 1 heterocycles. The number of nitrogens with one attached hydrogen (secondary N) is 1. The smallest absolute Gasteiger partial charge is 0.211 e. The van der Waals surface area contributed by atoms with Gasteiger partial charge < -0.3 is 9.47 Å². The second kappa shape index (κ2) is 7.15. The Morgan fingerprint density at radius 3 is 2.75 bits per heavy atom. The molecular weight excluding hydrogens is 302 g/mol. The average Bonchev–Trinajstić information content (AvgIpc) is 2.45. The third-order valence-electron chi connectivity index (χ3n) is 2.90. The highest BCUT2D eigenvalue weighted by molar-refractivity contribution is 7.89. The zero-order valence-corrected chi connectivity index (χ0v) is 12.6. The van der Waals surface area contributed by atoms with Crippen LogP contribution >= 0.6 is 11.6 Å². The Hall–Kier alpha value is -0.980. The molecule has 1 unspecified atom stereocenters. The number of para-hydroxylation sites is 2. The third kappa shape index (κ3) is 4.54. The minimum absolute atomic E-state index is 0.0872. The van der Waals surface area contributed by atoms with Crippen LogP contribution in [0.25, 0.3) is 0 Å². The van der Waals surface area contributed by atoms with E-state index in [-0.39, 0.29) is 18.4 Å². The molecule has 0 bridgehead atoms. The van der Waals surface area contributed by atoms with Crippen molar-refractivity contribution in [3.8, 4) is 11.5 Å². The summed E-state index contributed by atoms with van der Waals surface area (Å²) in [6, 6.07) is 7.33. The Morgan fingerprint density at radius 2 is 2.00 bits per heavy atom. The molecule has 5 nitrogen and oxygen atoms in total. The first-order valence-electron chi connectivity index (χ1n) is 6.52. The fourth-order valence-corrected chi connectivity index (χ4v) is 3.20. The van der Waals surface area contributed by atoms with Crippen LogP contribution in [0.4, 0.5) is 0 Å². The van der Waals surface area contributed by atoms with Crippen LogP contribution in [-0.4, -0.2) is 39.3 Å². The molecule has 0 spiro atoms. The summed E-state index contributed by atoms with van der Waals surface area (Å²) in [5, 5.41) is 0. The number of benzene rings is 1. The standard InChI is InChI=1S/C13H18ClNO4S/c14-7-3-4-8-20(16,17)15-9-11-10-18-12-5-1-2-6-13(12)19-11/h1-2,5-6,11,15H,3-4,7-10H2. The van der Waals surface area contributed by atoms with Crippen LogP contribution in [0.1, 0.15) is 12.8 Å². The Morgan fingerprint density at radius 1 is 1.25 bits per heavy atom. The van der Waals surface area contributed by atoms with E-state index in [0.29, 0.717) is 36.8 Å². The number of hydrogen-bond donors (Lipinski definition) is 1. The Kier molecular flexibility index (Phi) is 5.51. The lowest BCUT2D eigenvalue weighted by Crippen LogP contribution is -2.41. The van der Waals surface area contributed by atoms with Crippen LogP contribution in [0.2, 0.25) is 0 Å². The number of alkyl halides is 1. The second-order valence-corrected chi connectivity index (χ2v) is 6.87. The van der Waals surface area contributed by atoms with Crippen LogP contribution in [0.3, 0.4) is 0 Å². The van der Waals surface area contributed by atoms with Gasteiger partial charge in [0, 0.05) is 5.88 Å². The van der Waals surface area contributed by atoms with Crippen molar-refractivity contribution in [1.29, 1.82) is 0 Å². The first-order valence-corrected chi connectivity index (χ1v) is 8.71. The van der Waals surface area contributed by atoms with Gasteiger partial charge in [-0.3, -0.25) is 0 Å². The normalized spacial score (nSPS) is 17.9. The quantitative estimate of drug-likeness (QED) is 0.614. The van der Waals surface area contributed by atoms with Crippen molar-refractivity contribution < 1.29 is 17.9 Å². The highest BCUT2D eigenvalue weighted by Gasteiger charge is 2.22. The fraction of sp³-hybridized carbons (Fsp3) is 0.538.